The molecular weight excluding hydrogens is 332 g/mol. The fourth-order valence-electron chi connectivity index (χ4n) is 4.08. The number of aliphatic carboxylic acids is 1. The molecule has 0 aliphatic heterocycles. The van der Waals surface area contributed by atoms with Crippen molar-refractivity contribution in [3.63, 3.8) is 0 Å². The first-order chi connectivity index (χ1) is 13.2. The lowest BCUT2D eigenvalue weighted by molar-refractivity contribution is -0.138. The van der Waals surface area contributed by atoms with Gasteiger partial charge in [0.25, 0.3) is 0 Å². The van der Waals surface area contributed by atoms with Gasteiger partial charge in [-0.1, -0.05) is 129 Å². The molecule has 0 amide bonds. The van der Waals surface area contributed by atoms with Crippen LogP contribution in [0.3, 0.4) is 0 Å². The Bertz CT molecular complexity index is 279. The Balaban J connectivity index is 3.58. The van der Waals surface area contributed by atoms with E-state index in [1.54, 1.807) is 0 Å². The minimum absolute atomic E-state index is 0.383. The lowest BCUT2D eigenvalue weighted by Crippen LogP contribution is -2.08. The highest BCUT2D eigenvalue weighted by atomic mass is 16.4. The minimum atomic E-state index is -0.605. The van der Waals surface area contributed by atoms with Gasteiger partial charge < -0.3 is 5.11 Å². The molecule has 0 aromatic heterocycles. The van der Waals surface area contributed by atoms with Crippen molar-refractivity contribution in [2.45, 2.75) is 149 Å². The molecule has 2 nitrogen and oxygen atoms in total. The van der Waals surface area contributed by atoms with Crippen LogP contribution in [0.2, 0.25) is 0 Å². The van der Waals surface area contributed by atoms with Crippen LogP contribution in [0, 0.1) is 5.92 Å². The summed E-state index contributed by atoms with van der Waals surface area (Å²) in [6.07, 6.45) is 26.9. The molecule has 0 aliphatic carbocycles. The summed E-state index contributed by atoms with van der Waals surface area (Å²) in [4.78, 5) is 11.1. The fourth-order valence-corrected chi connectivity index (χ4v) is 4.08. The van der Waals surface area contributed by atoms with Gasteiger partial charge >= 0.3 is 5.97 Å². The second kappa shape index (κ2) is 21.8. The van der Waals surface area contributed by atoms with Gasteiger partial charge in [0.15, 0.2) is 0 Å². The third kappa shape index (κ3) is 21.6. The molecule has 0 spiro atoms. The Kier molecular flexibility index (Phi) is 21.3. The third-order valence-corrected chi connectivity index (χ3v) is 5.90. The van der Waals surface area contributed by atoms with Gasteiger partial charge in [0.2, 0.25) is 0 Å². The van der Waals surface area contributed by atoms with Gasteiger partial charge in [-0.05, 0) is 18.8 Å². The lowest BCUT2D eigenvalue weighted by atomic mass is 9.91. The first-order valence-corrected chi connectivity index (χ1v) is 12.4. The van der Waals surface area contributed by atoms with Crippen LogP contribution in [0.5, 0.6) is 0 Å². The molecule has 0 heterocycles. The van der Waals surface area contributed by atoms with Crippen LogP contribution in [-0.2, 0) is 4.79 Å². The monoisotopic (exact) mass is 382 g/mol. The van der Waals surface area contributed by atoms with Crippen LogP contribution in [0.1, 0.15) is 149 Å². The third-order valence-electron chi connectivity index (χ3n) is 5.90. The van der Waals surface area contributed by atoms with E-state index in [9.17, 15) is 9.90 Å². The van der Waals surface area contributed by atoms with E-state index >= 15 is 0 Å². The predicted molar refractivity (Wildman–Crippen MR) is 119 cm³/mol. The number of rotatable bonds is 22. The minimum Gasteiger partial charge on any atom is -0.481 e. The zero-order valence-electron chi connectivity index (χ0n) is 18.8. The van der Waals surface area contributed by atoms with Crippen molar-refractivity contribution >= 4 is 5.97 Å². The van der Waals surface area contributed by atoms with E-state index in [2.05, 4.69) is 13.8 Å². The van der Waals surface area contributed by atoms with Gasteiger partial charge in [-0.2, -0.15) is 0 Å². The van der Waals surface area contributed by atoms with E-state index in [0.29, 0.717) is 12.3 Å². The Hall–Kier alpha value is -0.530. The Morgan fingerprint density at radius 2 is 0.852 bits per heavy atom. The molecule has 0 aliphatic rings. The number of hydrogen-bond donors (Lipinski definition) is 1. The van der Waals surface area contributed by atoms with E-state index in [-0.39, 0.29) is 0 Å². The second-order valence-electron chi connectivity index (χ2n) is 8.70. The molecule has 0 aromatic carbocycles. The van der Waals surface area contributed by atoms with Crippen molar-refractivity contribution in [1.29, 1.82) is 0 Å². The Morgan fingerprint density at radius 3 is 1.15 bits per heavy atom. The van der Waals surface area contributed by atoms with Crippen LogP contribution in [-0.4, -0.2) is 11.1 Å². The van der Waals surface area contributed by atoms with Crippen molar-refractivity contribution in [1.82, 2.24) is 0 Å². The maximum absolute atomic E-state index is 11.1. The largest absolute Gasteiger partial charge is 0.481 e. The molecule has 0 radical (unpaired) electrons. The average Bonchev–Trinajstić information content (AvgIpc) is 2.64. The van der Waals surface area contributed by atoms with Crippen molar-refractivity contribution < 1.29 is 9.90 Å². The standard InChI is InChI=1S/C25H50O2/c1-3-5-7-9-11-13-15-17-19-21-24(23-25(26)27)22-20-18-16-14-12-10-8-6-4-2/h24H,3-23H2,1-2H3,(H,26,27). The van der Waals surface area contributed by atoms with Gasteiger partial charge in [-0.3, -0.25) is 4.79 Å². The van der Waals surface area contributed by atoms with Gasteiger partial charge in [0.05, 0.1) is 0 Å². The van der Waals surface area contributed by atoms with E-state index in [1.807, 2.05) is 0 Å². The van der Waals surface area contributed by atoms with Gasteiger partial charge in [0, 0.05) is 6.42 Å². The maximum atomic E-state index is 11.1. The highest BCUT2D eigenvalue weighted by Gasteiger charge is 2.12. The molecule has 162 valence electrons. The SMILES string of the molecule is CCCCCCCCCCCC(CCCCCCCCCCC)CC(=O)O. The second-order valence-corrected chi connectivity index (χ2v) is 8.70. The molecule has 0 saturated heterocycles. The molecule has 0 bridgehead atoms. The number of hydrogen-bond acceptors (Lipinski definition) is 1. The zero-order valence-corrected chi connectivity index (χ0v) is 18.8. The van der Waals surface area contributed by atoms with Gasteiger partial charge in [-0.25, -0.2) is 0 Å². The predicted octanol–water partition coefficient (Wildman–Crippen LogP) is 8.92. The summed E-state index contributed by atoms with van der Waals surface area (Å²) in [5.41, 5.74) is 0. The van der Waals surface area contributed by atoms with Crippen LogP contribution in [0.25, 0.3) is 0 Å². The van der Waals surface area contributed by atoms with Gasteiger partial charge in [-0.15, -0.1) is 0 Å². The topological polar surface area (TPSA) is 37.3 Å². The summed E-state index contributed by atoms with van der Waals surface area (Å²) in [7, 11) is 0. The molecule has 0 atom stereocenters. The van der Waals surface area contributed by atoms with Crippen LogP contribution >= 0.6 is 0 Å². The molecule has 0 saturated carbocycles. The van der Waals surface area contributed by atoms with Crippen LogP contribution < -0.4 is 0 Å². The normalized spacial score (nSPS) is 11.4. The quantitative estimate of drug-likeness (QED) is 0.190. The number of carboxylic acid groups (broad SMARTS) is 1. The first-order valence-electron chi connectivity index (χ1n) is 12.4. The molecular formula is C25H50O2. The fraction of sp³-hybridized carbons (Fsp3) is 0.960. The highest BCUT2D eigenvalue weighted by molar-refractivity contribution is 5.66. The molecule has 27 heavy (non-hydrogen) atoms. The first kappa shape index (κ1) is 26.5. The number of unbranched alkanes of at least 4 members (excludes halogenated alkanes) is 16. The zero-order chi connectivity index (χ0) is 20.0. The van der Waals surface area contributed by atoms with Crippen molar-refractivity contribution in [3.8, 4) is 0 Å². The van der Waals surface area contributed by atoms with Crippen LogP contribution in [0.4, 0.5) is 0 Å². The Labute approximate surface area is 170 Å². The summed E-state index contributed by atoms with van der Waals surface area (Å²) in [5.74, 6) is -0.191. The highest BCUT2D eigenvalue weighted by Crippen LogP contribution is 2.22. The summed E-state index contributed by atoms with van der Waals surface area (Å²) in [5, 5.41) is 9.17. The molecule has 2 heteroatoms. The molecule has 0 rings (SSSR count). The molecule has 0 aromatic rings. The lowest BCUT2D eigenvalue weighted by Gasteiger charge is -2.14. The van der Waals surface area contributed by atoms with Crippen molar-refractivity contribution in [2.75, 3.05) is 0 Å². The number of carboxylic acids is 1. The van der Waals surface area contributed by atoms with Crippen LogP contribution in [0.15, 0.2) is 0 Å². The average molecular weight is 383 g/mol. The summed E-state index contributed by atoms with van der Waals surface area (Å²) >= 11 is 0. The summed E-state index contributed by atoms with van der Waals surface area (Å²) < 4.78 is 0. The molecule has 0 unspecified atom stereocenters. The van der Waals surface area contributed by atoms with Gasteiger partial charge in [0.1, 0.15) is 0 Å². The van der Waals surface area contributed by atoms with E-state index in [4.69, 9.17) is 0 Å². The smallest absolute Gasteiger partial charge is 0.303 e. The molecule has 1 N–H and O–H groups in total. The van der Waals surface area contributed by atoms with E-state index in [0.717, 1.165) is 12.8 Å². The van der Waals surface area contributed by atoms with Crippen molar-refractivity contribution in [3.05, 3.63) is 0 Å². The maximum Gasteiger partial charge on any atom is 0.303 e. The summed E-state index contributed by atoms with van der Waals surface area (Å²) in [6.45, 7) is 4.53. The summed E-state index contributed by atoms with van der Waals surface area (Å²) in [6, 6.07) is 0. The Morgan fingerprint density at radius 1 is 0.556 bits per heavy atom. The van der Waals surface area contributed by atoms with E-state index in [1.165, 1.54) is 116 Å². The number of carbonyl (C=O) groups is 1. The van der Waals surface area contributed by atoms with Crippen molar-refractivity contribution in [2.24, 2.45) is 5.92 Å². The van der Waals surface area contributed by atoms with E-state index < -0.39 is 5.97 Å². The molecule has 0 fully saturated rings.